The molecule has 6 nitrogen and oxygen atoms in total. The standard InChI is InChI=1S/C24H16Cl2FNO5S/c1-2-32-23(30)17-9-13(4-7-18(17)25)20-8-6-16(33-20)11-21-22(29)28(24(31)34-21)12-14-3-5-15(27)10-19(14)26/h3-11H,2,12H2,1H3/b21-11+. The van der Waals surface area contributed by atoms with E-state index in [1.54, 1.807) is 37.3 Å². The van der Waals surface area contributed by atoms with Crippen LogP contribution in [0.1, 0.15) is 28.6 Å². The number of rotatable bonds is 6. The van der Waals surface area contributed by atoms with Gasteiger partial charge in [-0.15, -0.1) is 0 Å². The molecule has 1 fully saturated rings. The summed E-state index contributed by atoms with van der Waals surface area (Å²) in [5.41, 5.74) is 1.25. The molecule has 0 aliphatic carbocycles. The number of hydrogen-bond acceptors (Lipinski definition) is 6. The van der Waals surface area contributed by atoms with Gasteiger partial charge in [0.2, 0.25) is 0 Å². The highest BCUT2D eigenvalue weighted by Gasteiger charge is 2.35. The van der Waals surface area contributed by atoms with Crippen molar-refractivity contribution in [1.82, 2.24) is 4.90 Å². The fraction of sp³-hybridized carbons (Fsp3) is 0.125. The molecule has 1 aromatic heterocycles. The van der Waals surface area contributed by atoms with E-state index in [0.717, 1.165) is 22.7 Å². The summed E-state index contributed by atoms with van der Waals surface area (Å²) < 4.78 is 24.1. The van der Waals surface area contributed by atoms with Gasteiger partial charge in [-0.05, 0) is 66.7 Å². The number of furan rings is 1. The predicted octanol–water partition coefficient (Wildman–Crippen LogP) is 6.81. The van der Waals surface area contributed by atoms with E-state index in [-0.39, 0.29) is 33.7 Å². The Hall–Kier alpha value is -3.07. The highest BCUT2D eigenvalue weighted by molar-refractivity contribution is 8.18. The van der Waals surface area contributed by atoms with Crippen LogP contribution in [0, 0.1) is 5.82 Å². The van der Waals surface area contributed by atoms with Crippen LogP contribution in [-0.2, 0) is 16.1 Å². The molecule has 2 amide bonds. The second-order valence-electron chi connectivity index (χ2n) is 7.12. The number of thioether (sulfide) groups is 1. The van der Waals surface area contributed by atoms with Gasteiger partial charge in [0, 0.05) is 16.7 Å². The summed E-state index contributed by atoms with van der Waals surface area (Å²) in [6, 6.07) is 11.9. The molecule has 0 bridgehead atoms. The Morgan fingerprint density at radius 3 is 2.65 bits per heavy atom. The molecule has 2 aromatic carbocycles. The van der Waals surface area contributed by atoms with Crippen molar-refractivity contribution in [2.75, 3.05) is 6.61 Å². The van der Waals surface area contributed by atoms with E-state index in [1.807, 2.05) is 0 Å². The minimum Gasteiger partial charge on any atom is -0.462 e. The van der Waals surface area contributed by atoms with Crippen LogP contribution < -0.4 is 0 Å². The fourth-order valence-electron chi connectivity index (χ4n) is 3.22. The van der Waals surface area contributed by atoms with Crippen molar-refractivity contribution >= 4 is 58.2 Å². The van der Waals surface area contributed by atoms with Gasteiger partial charge in [0.15, 0.2) is 0 Å². The second kappa shape index (κ2) is 10.0. The minimum absolute atomic E-state index is 0.0774. The van der Waals surface area contributed by atoms with E-state index >= 15 is 0 Å². The third-order valence-corrected chi connectivity index (χ3v) is 6.45. The van der Waals surface area contributed by atoms with Crippen molar-refractivity contribution < 1.29 is 27.9 Å². The third kappa shape index (κ3) is 5.04. The molecule has 1 aliphatic rings. The van der Waals surface area contributed by atoms with Crippen LogP contribution in [0.4, 0.5) is 9.18 Å². The second-order valence-corrected chi connectivity index (χ2v) is 8.93. The van der Waals surface area contributed by atoms with E-state index in [4.69, 9.17) is 32.4 Å². The van der Waals surface area contributed by atoms with E-state index in [1.165, 1.54) is 18.2 Å². The lowest BCUT2D eigenvalue weighted by atomic mass is 10.1. The van der Waals surface area contributed by atoms with Gasteiger partial charge in [-0.2, -0.15) is 0 Å². The first-order valence-corrected chi connectivity index (χ1v) is 11.6. The van der Waals surface area contributed by atoms with Gasteiger partial charge in [0.25, 0.3) is 11.1 Å². The highest BCUT2D eigenvalue weighted by atomic mass is 35.5. The lowest BCUT2D eigenvalue weighted by Gasteiger charge is -2.13. The SMILES string of the molecule is CCOC(=O)c1cc(-c2ccc(/C=C3/SC(=O)N(Cc4ccc(F)cc4Cl)C3=O)o2)ccc1Cl. The average Bonchev–Trinajstić information content (AvgIpc) is 3.36. The number of benzene rings is 2. The predicted molar refractivity (Wildman–Crippen MR) is 128 cm³/mol. The first-order valence-electron chi connectivity index (χ1n) is 10.0. The van der Waals surface area contributed by atoms with Crippen molar-refractivity contribution in [3.8, 4) is 11.3 Å². The lowest BCUT2D eigenvalue weighted by Crippen LogP contribution is -2.27. The van der Waals surface area contributed by atoms with Gasteiger partial charge < -0.3 is 9.15 Å². The molecule has 0 unspecified atom stereocenters. The fourth-order valence-corrected chi connectivity index (χ4v) is 4.46. The van der Waals surface area contributed by atoms with Gasteiger partial charge in [-0.3, -0.25) is 14.5 Å². The molecule has 34 heavy (non-hydrogen) atoms. The molecule has 174 valence electrons. The monoisotopic (exact) mass is 519 g/mol. The Morgan fingerprint density at radius 2 is 1.91 bits per heavy atom. The Kier molecular flexibility index (Phi) is 7.11. The first-order chi connectivity index (χ1) is 16.3. The summed E-state index contributed by atoms with van der Waals surface area (Å²) in [5, 5.41) is -0.0898. The quantitative estimate of drug-likeness (QED) is 0.263. The molecule has 0 radical (unpaired) electrons. The van der Waals surface area contributed by atoms with E-state index in [2.05, 4.69) is 0 Å². The largest absolute Gasteiger partial charge is 0.462 e. The van der Waals surface area contributed by atoms with Gasteiger partial charge >= 0.3 is 5.97 Å². The van der Waals surface area contributed by atoms with Gasteiger partial charge in [-0.1, -0.05) is 29.3 Å². The summed E-state index contributed by atoms with van der Waals surface area (Å²) in [7, 11) is 0. The van der Waals surface area contributed by atoms with Crippen molar-refractivity contribution in [3.63, 3.8) is 0 Å². The molecule has 0 spiro atoms. The number of ether oxygens (including phenoxy) is 1. The molecule has 3 aromatic rings. The summed E-state index contributed by atoms with van der Waals surface area (Å²) in [5.74, 6) is -0.786. The first kappa shape index (κ1) is 24.1. The van der Waals surface area contributed by atoms with Gasteiger partial charge in [0.05, 0.1) is 28.6 Å². The molecule has 1 aliphatic heterocycles. The van der Waals surface area contributed by atoms with E-state index < -0.39 is 22.9 Å². The summed E-state index contributed by atoms with van der Waals surface area (Å²) in [6.07, 6.45) is 1.46. The number of amides is 2. The number of halogens is 3. The molecule has 1 saturated heterocycles. The number of nitrogens with zero attached hydrogens (tertiary/aromatic N) is 1. The number of hydrogen-bond donors (Lipinski definition) is 0. The third-order valence-electron chi connectivity index (χ3n) is 4.86. The molecule has 4 rings (SSSR count). The number of carbonyl (C=O) groups is 3. The maximum Gasteiger partial charge on any atom is 0.339 e. The van der Waals surface area contributed by atoms with Crippen molar-refractivity contribution in [1.29, 1.82) is 0 Å². The molecule has 2 heterocycles. The molecular formula is C24H16Cl2FNO5S. The highest BCUT2D eigenvalue weighted by Crippen LogP contribution is 2.35. The van der Waals surface area contributed by atoms with E-state index in [9.17, 15) is 18.8 Å². The van der Waals surface area contributed by atoms with Crippen molar-refractivity contribution in [3.05, 3.63) is 86.2 Å². The minimum atomic E-state index is -0.545. The Labute approximate surface area is 208 Å². The Balaban J connectivity index is 1.54. The zero-order chi connectivity index (χ0) is 24.4. The summed E-state index contributed by atoms with van der Waals surface area (Å²) in [6.45, 7) is 1.84. The molecule has 0 N–H and O–H groups in total. The lowest BCUT2D eigenvalue weighted by molar-refractivity contribution is -0.123. The number of imide groups is 1. The van der Waals surface area contributed by atoms with Crippen LogP contribution in [0.5, 0.6) is 0 Å². The smallest absolute Gasteiger partial charge is 0.339 e. The zero-order valence-corrected chi connectivity index (χ0v) is 20.0. The molecule has 0 saturated carbocycles. The summed E-state index contributed by atoms with van der Waals surface area (Å²) >= 11 is 12.9. The van der Waals surface area contributed by atoms with Crippen LogP contribution in [-0.4, -0.2) is 28.6 Å². The van der Waals surface area contributed by atoms with Crippen LogP contribution in [0.25, 0.3) is 17.4 Å². The van der Waals surface area contributed by atoms with Gasteiger partial charge in [-0.25, -0.2) is 9.18 Å². The van der Waals surface area contributed by atoms with Crippen LogP contribution in [0.15, 0.2) is 57.9 Å². The number of carbonyl (C=O) groups excluding carboxylic acids is 3. The molecular weight excluding hydrogens is 504 g/mol. The average molecular weight is 520 g/mol. The number of esters is 1. The molecule has 0 atom stereocenters. The maximum atomic E-state index is 13.3. The normalized spacial score (nSPS) is 14.8. The van der Waals surface area contributed by atoms with Crippen molar-refractivity contribution in [2.45, 2.75) is 13.5 Å². The van der Waals surface area contributed by atoms with Crippen molar-refractivity contribution in [2.24, 2.45) is 0 Å². The Bertz CT molecular complexity index is 1340. The maximum absolute atomic E-state index is 13.3. The molecule has 10 heteroatoms. The van der Waals surface area contributed by atoms with Crippen LogP contribution in [0.2, 0.25) is 10.0 Å². The topological polar surface area (TPSA) is 76.8 Å². The van der Waals surface area contributed by atoms with E-state index in [0.29, 0.717) is 22.6 Å². The van der Waals surface area contributed by atoms with Gasteiger partial charge in [0.1, 0.15) is 17.3 Å². The summed E-state index contributed by atoms with van der Waals surface area (Å²) in [4.78, 5) is 38.5. The van der Waals surface area contributed by atoms with Crippen LogP contribution >= 0.6 is 35.0 Å². The van der Waals surface area contributed by atoms with Crippen LogP contribution in [0.3, 0.4) is 0 Å². The Morgan fingerprint density at radius 1 is 1.12 bits per heavy atom. The zero-order valence-electron chi connectivity index (χ0n) is 17.6.